The van der Waals surface area contributed by atoms with Crippen molar-refractivity contribution in [1.82, 2.24) is 0 Å². The Hall–Kier alpha value is -0.180. The number of halogens is 1. The second-order valence-electron chi connectivity index (χ2n) is 2.82. The van der Waals surface area contributed by atoms with E-state index in [2.05, 4.69) is 24.3 Å². The second-order valence-corrected chi connectivity index (χ2v) is 4.26. The fraction of sp³-hybridized carbons (Fsp3) is 0.455. The quantitative estimate of drug-likeness (QED) is 0.420. The summed E-state index contributed by atoms with van der Waals surface area (Å²) in [7, 11) is 0. The first-order valence-corrected chi connectivity index (χ1v) is 6.24. The summed E-state index contributed by atoms with van der Waals surface area (Å²) >= 11 is 7.51. The lowest BCUT2D eigenvalue weighted by atomic mass is 10.2. The third-order valence-corrected chi connectivity index (χ3v) is 3.06. The maximum atomic E-state index is 5.70. The number of hydrogen-bond acceptors (Lipinski definition) is 2. The van der Waals surface area contributed by atoms with Gasteiger partial charge < -0.3 is 4.74 Å². The molecule has 0 atom stereocenters. The van der Waals surface area contributed by atoms with E-state index in [1.807, 2.05) is 18.7 Å². The first-order chi connectivity index (χ1) is 6.86. The summed E-state index contributed by atoms with van der Waals surface area (Å²) in [6, 6.07) is 8.34. The molecule has 0 N–H and O–H groups in total. The summed E-state index contributed by atoms with van der Waals surface area (Å²) in [6.45, 7) is 3.63. The molecule has 0 fully saturated rings. The van der Waals surface area contributed by atoms with Gasteiger partial charge in [-0.05, 0) is 24.6 Å². The van der Waals surface area contributed by atoms with Gasteiger partial charge in [0.25, 0.3) is 0 Å². The molecule has 0 saturated carbocycles. The van der Waals surface area contributed by atoms with Crippen LogP contribution in [0.1, 0.15) is 12.5 Å². The molecule has 0 unspecified atom stereocenters. The lowest BCUT2D eigenvalue weighted by molar-refractivity contribution is 0.164. The average molecular weight is 231 g/mol. The van der Waals surface area contributed by atoms with Crippen molar-refractivity contribution in [1.29, 1.82) is 0 Å². The lowest BCUT2D eigenvalue weighted by Gasteiger charge is -2.02. The number of hydrogen-bond donors (Lipinski definition) is 0. The van der Waals surface area contributed by atoms with E-state index in [-0.39, 0.29) is 0 Å². The topological polar surface area (TPSA) is 9.23 Å². The molecular formula is C11H15ClOS. The molecule has 0 aliphatic carbocycles. The van der Waals surface area contributed by atoms with Gasteiger partial charge in [-0.15, -0.1) is 23.4 Å². The van der Waals surface area contributed by atoms with Crippen molar-refractivity contribution < 1.29 is 4.74 Å². The molecule has 1 rings (SSSR count). The number of alkyl halides is 1. The Morgan fingerprint density at radius 2 is 2.00 bits per heavy atom. The summed E-state index contributed by atoms with van der Waals surface area (Å²) < 4.78 is 5.26. The van der Waals surface area contributed by atoms with Gasteiger partial charge in [0.15, 0.2) is 0 Å². The largest absolute Gasteiger partial charge is 0.381 e. The Kier molecular flexibility index (Phi) is 6.08. The molecule has 1 nitrogen and oxygen atoms in total. The smallest absolute Gasteiger partial charge is 0.0560 e. The van der Waals surface area contributed by atoms with E-state index in [0.29, 0.717) is 5.88 Å². The number of ether oxygens (including phenoxy) is 1. The number of thioether (sulfide) groups is 1. The van der Waals surface area contributed by atoms with Crippen molar-refractivity contribution in [3.8, 4) is 0 Å². The van der Waals surface area contributed by atoms with Gasteiger partial charge in [0.05, 0.1) is 6.61 Å². The van der Waals surface area contributed by atoms with E-state index < -0.39 is 0 Å². The van der Waals surface area contributed by atoms with Gasteiger partial charge in [-0.1, -0.05) is 12.1 Å². The lowest BCUT2D eigenvalue weighted by Crippen LogP contribution is -1.95. The van der Waals surface area contributed by atoms with E-state index in [1.54, 1.807) is 0 Å². The molecule has 0 bridgehead atoms. The first-order valence-electron chi connectivity index (χ1n) is 4.72. The average Bonchev–Trinajstić information content (AvgIpc) is 2.25. The van der Waals surface area contributed by atoms with Crippen LogP contribution in [0.2, 0.25) is 0 Å². The predicted octanol–water partition coefficient (Wildman–Crippen LogP) is 3.55. The fourth-order valence-electron chi connectivity index (χ4n) is 1.04. The maximum absolute atomic E-state index is 5.70. The first kappa shape index (κ1) is 11.9. The highest BCUT2D eigenvalue weighted by molar-refractivity contribution is 7.99. The number of benzene rings is 1. The molecule has 0 heterocycles. The Morgan fingerprint density at radius 1 is 1.29 bits per heavy atom. The van der Waals surface area contributed by atoms with Gasteiger partial charge in [-0.3, -0.25) is 0 Å². The monoisotopic (exact) mass is 230 g/mol. The van der Waals surface area contributed by atoms with Crippen LogP contribution in [0, 0.1) is 0 Å². The van der Waals surface area contributed by atoms with Gasteiger partial charge in [-0.2, -0.15) is 0 Å². The molecule has 0 aliphatic rings. The van der Waals surface area contributed by atoms with E-state index in [9.17, 15) is 0 Å². The van der Waals surface area contributed by atoms with Crippen LogP contribution in [-0.4, -0.2) is 19.0 Å². The van der Waals surface area contributed by atoms with Crippen molar-refractivity contribution in [2.75, 3.05) is 19.0 Å². The normalized spacial score (nSPS) is 10.4. The minimum atomic E-state index is 0.587. The minimum absolute atomic E-state index is 0.587. The molecule has 14 heavy (non-hydrogen) atoms. The van der Waals surface area contributed by atoms with Gasteiger partial charge in [0.2, 0.25) is 0 Å². The molecule has 0 spiro atoms. The SMILES string of the molecule is CCOCCSc1ccc(CCl)cc1. The minimum Gasteiger partial charge on any atom is -0.381 e. The van der Waals surface area contributed by atoms with Crippen molar-refractivity contribution in [2.45, 2.75) is 17.7 Å². The highest BCUT2D eigenvalue weighted by atomic mass is 35.5. The van der Waals surface area contributed by atoms with Crippen LogP contribution in [0.3, 0.4) is 0 Å². The molecule has 0 aliphatic heterocycles. The molecule has 3 heteroatoms. The van der Waals surface area contributed by atoms with Crippen molar-refractivity contribution in [3.05, 3.63) is 29.8 Å². The molecule has 0 radical (unpaired) electrons. The van der Waals surface area contributed by atoms with Crippen molar-refractivity contribution in [2.24, 2.45) is 0 Å². The maximum Gasteiger partial charge on any atom is 0.0560 e. The van der Waals surface area contributed by atoms with E-state index in [1.165, 1.54) is 10.5 Å². The van der Waals surface area contributed by atoms with E-state index in [0.717, 1.165) is 19.0 Å². The standard InChI is InChI=1S/C11H15ClOS/c1-2-13-7-8-14-11-5-3-10(9-12)4-6-11/h3-6H,2,7-9H2,1H3. The third-order valence-electron chi connectivity index (χ3n) is 1.78. The van der Waals surface area contributed by atoms with E-state index in [4.69, 9.17) is 16.3 Å². The van der Waals surface area contributed by atoms with Crippen LogP contribution < -0.4 is 0 Å². The van der Waals surface area contributed by atoms with Crippen LogP contribution >= 0.6 is 23.4 Å². The molecule has 0 aromatic heterocycles. The molecule has 78 valence electrons. The Balaban J connectivity index is 2.29. The number of rotatable bonds is 6. The molecule has 0 saturated heterocycles. The van der Waals surface area contributed by atoms with Crippen LogP contribution in [0.4, 0.5) is 0 Å². The van der Waals surface area contributed by atoms with Gasteiger partial charge in [0, 0.05) is 23.1 Å². The summed E-state index contributed by atoms with van der Waals surface area (Å²) in [4.78, 5) is 1.28. The van der Waals surface area contributed by atoms with Crippen LogP contribution in [0.5, 0.6) is 0 Å². The summed E-state index contributed by atoms with van der Waals surface area (Å²) in [5.74, 6) is 1.60. The fourth-order valence-corrected chi connectivity index (χ4v) is 1.98. The third kappa shape index (κ3) is 4.36. The zero-order valence-corrected chi connectivity index (χ0v) is 9.90. The predicted molar refractivity (Wildman–Crippen MR) is 63.2 cm³/mol. The van der Waals surface area contributed by atoms with Gasteiger partial charge >= 0.3 is 0 Å². The van der Waals surface area contributed by atoms with Crippen LogP contribution in [-0.2, 0) is 10.6 Å². The highest BCUT2D eigenvalue weighted by Gasteiger charge is 1.94. The highest BCUT2D eigenvalue weighted by Crippen LogP contribution is 2.18. The molecule has 1 aromatic rings. The Labute approximate surface area is 94.8 Å². The second kappa shape index (κ2) is 7.16. The van der Waals surface area contributed by atoms with Crippen LogP contribution in [0.25, 0.3) is 0 Å². The summed E-state index contributed by atoms with van der Waals surface area (Å²) in [6.07, 6.45) is 0. The van der Waals surface area contributed by atoms with Gasteiger partial charge in [-0.25, -0.2) is 0 Å². The Bertz CT molecular complexity index is 248. The zero-order chi connectivity index (χ0) is 10.2. The summed E-state index contributed by atoms with van der Waals surface area (Å²) in [5, 5.41) is 0. The van der Waals surface area contributed by atoms with Gasteiger partial charge in [0.1, 0.15) is 0 Å². The molecule has 1 aromatic carbocycles. The van der Waals surface area contributed by atoms with E-state index >= 15 is 0 Å². The molecular weight excluding hydrogens is 216 g/mol. The Morgan fingerprint density at radius 3 is 2.57 bits per heavy atom. The zero-order valence-electron chi connectivity index (χ0n) is 8.33. The van der Waals surface area contributed by atoms with Crippen molar-refractivity contribution >= 4 is 23.4 Å². The summed E-state index contributed by atoms with van der Waals surface area (Å²) in [5.41, 5.74) is 1.17. The van der Waals surface area contributed by atoms with Crippen molar-refractivity contribution in [3.63, 3.8) is 0 Å². The van der Waals surface area contributed by atoms with Crippen LogP contribution in [0.15, 0.2) is 29.2 Å². The molecule has 0 amide bonds.